The molecule has 5 rings (SSSR count). The zero-order chi connectivity index (χ0) is 18.9. The highest BCUT2D eigenvalue weighted by atomic mass is 32.2. The molecule has 3 aromatic rings. The molecular formula is C21H24N4O2S. The van der Waals surface area contributed by atoms with Gasteiger partial charge in [0.2, 0.25) is 0 Å². The lowest BCUT2D eigenvalue weighted by atomic mass is 9.97. The minimum atomic E-state index is -0.131. The fraction of sp³-hybridized carbons (Fsp3) is 0.476. The Kier molecular flexibility index (Phi) is 4.94. The van der Waals surface area contributed by atoms with Gasteiger partial charge in [-0.25, -0.2) is 9.78 Å². The van der Waals surface area contributed by atoms with Crippen LogP contribution in [0.5, 0.6) is 0 Å². The third-order valence-electron chi connectivity index (χ3n) is 5.63. The predicted octanol–water partition coefficient (Wildman–Crippen LogP) is 3.24. The summed E-state index contributed by atoms with van der Waals surface area (Å²) in [5.41, 5.74) is 4.26. The van der Waals surface area contributed by atoms with E-state index in [4.69, 9.17) is 4.74 Å². The van der Waals surface area contributed by atoms with E-state index < -0.39 is 0 Å². The fourth-order valence-corrected chi connectivity index (χ4v) is 5.21. The summed E-state index contributed by atoms with van der Waals surface area (Å²) in [6.45, 7) is 1.45. The number of ether oxygens (including phenoxy) is 1. The van der Waals surface area contributed by atoms with Crippen LogP contribution in [0, 0.1) is 0 Å². The van der Waals surface area contributed by atoms with Gasteiger partial charge in [0.1, 0.15) is 10.7 Å². The molecule has 28 heavy (non-hydrogen) atoms. The van der Waals surface area contributed by atoms with Gasteiger partial charge in [-0.2, -0.15) is 4.98 Å². The van der Waals surface area contributed by atoms with Gasteiger partial charge in [0.25, 0.3) is 0 Å². The lowest BCUT2D eigenvalue weighted by Gasteiger charge is -2.24. The van der Waals surface area contributed by atoms with Gasteiger partial charge in [0, 0.05) is 36.0 Å². The van der Waals surface area contributed by atoms with Gasteiger partial charge < -0.3 is 9.14 Å². The molecule has 146 valence electrons. The van der Waals surface area contributed by atoms with E-state index in [0.29, 0.717) is 6.54 Å². The summed E-state index contributed by atoms with van der Waals surface area (Å²) in [4.78, 5) is 22.0. The number of imidazole rings is 1. The molecule has 0 bridgehead atoms. The smallest absolute Gasteiger partial charge is 0.348 e. The van der Waals surface area contributed by atoms with Gasteiger partial charge in [-0.15, -0.1) is 0 Å². The maximum absolute atomic E-state index is 12.8. The first-order valence-corrected chi connectivity index (χ1v) is 11.1. The molecule has 1 aliphatic heterocycles. The largest absolute Gasteiger partial charge is 0.376 e. The minimum Gasteiger partial charge on any atom is -0.376 e. The van der Waals surface area contributed by atoms with E-state index in [2.05, 4.69) is 9.97 Å². The van der Waals surface area contributed by atoms with Crippen molar-refractivity contribution in [3.63, 3.8) is 0 Å². The van der Waals surface area contributed by atoms with Gasteiger partial charge >= 0.3 is 5.69 Å². The van der Waals surface area contributed by atoms with Crippen LogP contribution < -0.4 is 5.69 Å². The topological polar surface area (TPSA) is 61.4 Å². The van der Waals surface area contributed by atoms with Crippen molar-refractivity contribution in [1.29, 1.82) is 0 Å². The first kappa shape index (κ1) is 17.9. The van der Waals surface area contributed by atoms with Gasteiger partial charge in [0.15, 0.2) is 0 Å². The zero-order valence-corrected chi connectivity index (χ0v) is 16.7. The molecule has 0 N–H and O–H groups in total. The Bertz CT molecular complexity index is 1020. The molecule has 2 aliphatic rings. The Morgan fingerprint density at radius 1 is 1.18 bits per heavy atom. The number of hydrogen-bond acceptors (Lipinski definition) is 5. The van der Waals surface area contributed by atoms with E-state index in [1.165, 1.54) is 11.3 Å². The molecule has 1 fully saturated rings. The van der Waals surface area contributed by atoms with E-state index in [9.17, 15) is 4.79 Å². The third kappa shape index (κ3) is 3.49. The number of nitrogens with zero attached hydrogens (tertiary/aromatic N) is 4. The standard InChI is InChI=1S/C21H24N4O2S/c26-21-23-20(28-14-15-12-24-10-4-3-9-19(24)22-15)17-7-1-2-8-18(17)25(21)13-16-6-5-11-27-16/h3-4,9-10,12,16H,1-2,5-8,11,13-14H2/t16-/m1/s1. The number of hydrogen-bond donors (Lipinski definition) is 0. The fourth-order valence-electron chi connectivity index (χ4n) is 4.25. The number of fused-ring (bicyclic) bond motifs is 2. The van der Waals surface area contributed by atoms with Crippen LogP contribution in [0.15, 0.2) is 40.4 Å². The second-order valence-electron chi connectivity index (χ2n) is 7.56. The minimum absolute atomic E-state index is 0.131. The summed E-state index contributed by atoms with van der Waals surface area (Å²) in [5, 5.41) is 0.889. The molecule has 1 atom stereocenters. The molecule has 0 spiro atoms. The summed E-state index contributed by atoms with van der Waals surface area (Å²) in [6, 6.07) is 5.99. The average Bonchev–Trinajstić information content (AvgIpc) is 3.38. The van der Waals surface area contributed by atoms with Crippen molar-refractivity contribution >= 4 is 17.4 Å². The zero-order valence-electron chi connectivity index (χ0n) is 15.8. The van der Waals surface area contributed by atoms with Crippen molar-refractivity contribution in [1.82, 2.24) is 18.9 Å². The highest BCUT2D eigenvalue weighted by Crippen LogP contribution is 2.30. The quantitative estimate of drug-likeness (QED) is 0.489. The molecule has 1 saturated heterocycles. The molecular weight excluding hydrogens is 372 g/mol. The highest BCUT2D eigenvalue weighted by Gasteiger charge is 2.24. The maximum atomic E-state index is 12.8. The number of thioether (sulfide) groups is 1. The summed E-state index contributed by atoms with van der Waals surface area (Å²) in [7, 11) is 0. The van der Waals surface area contributed by atoms with Crippen LogP contribution in [0.4, 0.5) is 0 Å². The van der Waals surface area contributed by atoms with Gasteiger partial charge in [-0.3, -0.25) is 4.57 Å². The Morgan fingerprint density at radius 3 is 2.96 bits per heavy atom. The van der Waals surface area contributed by atoms with Crippen molar-refractivity contribution in [3.8, 4) is 0 Å². The second-order valence-corrected chi connectivity index (χ2v) is 8.53. The predicted molar refractivity (Wildman–Crippen MR) is 109 cm³/mol. The molecule has 0 radical (unpaired) electrons. The van der Waals surface area contributed by atoms with Gasteiger partial charge in [-0.05, 0) is 50.7 Å². The van der Waals surface area contributed by atoms with E-state index in [1.807, 2.05) is 39.6 Å². The van der Waals surface area contributed by atoms with Crippen molar-refractivity contribution in [2.75, 3.05) is 6.61 Å². The van der Waals surface area contributed by atoms with Crippen molar-refractivity contribution in [3.05, 3.63) is 58.0 Å². The Morgan fingerprint density at radius 2 is 2.11 bits per heavy atom. The molecule has 7 heteroatoms. The van der Waals surface area contributed by atoms with Crippen LogP contribution in [-0.4, -0.2) is 31.6 Å². The third-order valence-corrected chi connectivity index (χ3v) is 6.68. The second kappa shape index (κ2) is 7.72. The molecule has 0 amide bonds. The number of aromatic nitrogens is 4. The normalized spacial score (nSPS) is 19.2. The summed E-state index contributed by atoms with van der Waals surface area (Å²) >= 11 is 1.64. The van der Waals surface area contributed by atoms with Crippen LogP contribution in [0.3, 0.4) is 0 Å². The van der Waals surface area contributed by atoms with Gasteiger partial charge in [-0.1, -0.05) is 17.8 Å². The van der Waals surface area contributed by atoms with E-state index >= 15 is 0 Å². The summed E-state index contributed by atoms with van der Waals surface area (Å²) in [5.74, 6) is 0.719. The lowest BCUT2D eigenvalue weighted by molar-refractivity contribution is 0.0947. The number of rotatable bonds is 5. The lowest BCUT2D eigenvalue weighted by Crippen LogP contribution is -2.33. The van der Waals surface area contributed by atoms with Crippen LogP contribution >= 0.6 is 11.8 Å². The Balaban J connectivity index is 1.42. The summed E-state index contributed by atoms with van der Waals surface area (Å²) in [6.07, 6.45) is 10.6. The van der Waals surface area contributed by atoms with Gasteiger partial charge in [0.05, 0.1) is 18.3 Å². The number of pyridine rings is 1. The first-order chi connectivity index (χ1) is 13.8. The Labute approximate surface area is 168 Å². The SMILES string of the molecule is O=c1nc(SCc2cn3ccccc3n2)c2c(n1C[C@H]1CCCO1)CCCC2. The molecule has 0 saturated carbocycles. The molecule has 3 aromatic heterocycles. The maximum Gasteiger partial charge on any atom is 0.348 e. The molecule has 4 heterocycles. The molecule has 6 nitrogen and oxygen atoms in total. The Hall–Kier alpha value is -2.12. The molecule has 0 unspecified atom stereocenters. The van der Waals surface area contributed by atoms with E-state index in [0.717, 1.165) is 67.3 Å². The van der Waals surface area contributed by atoms with Crippen LogP contribution in [0.25, 0.3) is 5.65 Å². The molecule has 0 aromatic carbocycles. The molecule has 1 aliphatic carbocycles. The van der Waals surface area contributed by atoms with Crippen molar-refractivity contribution < 1.29 is 4.74 Å². The van der Waals surface area contributed by atoms with Crippen LogP contribution in [-0.2, 0) is 29.9 Å². The van der Waals surface area contributed by atoms with E-state index in [1.54, 1.807) is 11.8 Å². The average molecular weight is 397 g/mol. The van der Waals surface area contributed by atoms with Crippen molar-refractivity contribution in [2.24, 2.45) is 0 Å². The first-order valence-electron chi connectivity index (χ1n) is 10.1. The highest BCUT2D eigenvalue weighted by molar-refractivity contribution is 7.98. The van der Waals surface area contributed by atoms with Crippen molar-refractivity contribution in [2.45, 2.75) is 62.0 Å². The monoisotopic (exact) mass is 396 g/mol. The summed E-state index contributed by atoms with van der Waals surface area (Å²) < 4.78 is 9.68. The van der Waals surface area contributed by atoms with Crippen LogP contribution in [0.1, 0.15) is 42.6 Å². The van der Waals surface area contributed by atoms with E-state index in [-0.39, 0.29) is 11.8 Å². The van der Waals surface area contributed by atoms with Crippen LogP contribution in [0.2, 0.25) is 0 Å².